The van der Waals surface area contributed by atoms with Crippen molar-refractivity contribution >= 4 is 6.29 Å². The fraction of sp³-hybridized carbons (Fsp3) is 0.417. The molecule has 88 valence electrons. The smallest absolute Gasteiger partial charge is 0.161 e. The van der Waals surface area contributed by atoms with E-state index in [-0.39, 0.29) is 5.56 Å². The molecule has 4 heteroatoms. The first-order valence-electron chi connectivity index (χ1n) is 4.84. The summed E-state index contributed by atoms with van der Waals surface area (Å²) in [6.07, 6.45) is 0.610. The molecule has 0 N–H and O–H groups in total. The topological polar surface area (TPSA) is 35.5 Å². The summed E-state index contributed by atoms with van der Waals surface area (Å²) in [7, 11) is 2.93. The standard InChI is InChI=1S/C12H15FO3/c1-12(2,13)9-6-11(16-4)10(15-3)5-8(9)7-14/h5-7H,1-4H3. The van der Waals surface area contributed by atoms with Gasteiger partial charge in [-0.1, -0.05) is 0 Å². The maximum Gasteiger partial charge on any atom is 0.161 e. The van der Waals surface area contributed by atoms with Crippen LogP contribution in [0.25, 0.3) is 0 Å². The first-order chi connectivity index (χ1) is 7.43. The highest BCUT2D eigenvalue weighted by atomic mass is 19.1. The molecule has 0 aliphatic carbocycles. The number of carbonyl (C=O) groups is 1. The van der Waals surface area contributed by atoms with Crippen LogP contribution in [0, 0.1) is 0 Å². The molecule has 0 atom stereocenters. The average Bonchev–Trinajstić information content (AvgIpc) is 2.25. The second-order valence-electron chi connectivity index (χ2n) is 3.88. The van der Waals surface area contributed by atoms with E-state index in [2.05, 4.69) is 0 Å². The van der Waals surface area contributed by atoms with Crippen LogP contribution in [0.4, 0.5) is 4.39 Å². The van der Waals surface area contributed by atoms with Crippen molar-refractivity contribution in [3.63, 3.8) is 0 Å². The Balaban J connectivity index is 3.43. The lowest BCUT2D eigenvalue weighted by Crippen LogP contribution is -2.13. The van der Waals surface area contributed by atoms with E-state index in [4.69, 9.17) is 9.47 Å². The molecule has 0 fully saturated rings. The zero-order chi connectivity index (χ0) is 12.3. The van der Waals surface area contributed by atoms with E-state index in [1.165, 1.54) is 40.2 Å². The summed E-state index contributed by atoms with van der Waals surface area (Å²) < 4.78 is 24.0. The van der Waals surface area contributed by atoms with Gasteiger partial charge in [0.15, 0.2) is 17.8 Å². The van der Waals surface area contributed by atoms with Crippen LogP contribution in [-0.4, -0.2) is 20.5 Å². The molecule has 0 spiro atoms. The highest BCUT2D eigenvalue weighted by Crippen LogP contribution is 2.36. The number of halogens is 1. The number of aldehydes is 1. The molecular weight excluding hydrogens is 211 g/mol. The second-order valence-corrected chi connectivity index (χ2v) is 3.88. The Hall–Kier alpha value is -1.58. The summed E-state index contributed by atoms with van der Waals surface area (Å²) in [4.78, 5) is 10.9. The molecule has 1 aromatic carbocycles. The summed E-state index contributed by atoms with van der Waals surface area (Å²) in [6.45, 7) is 2.78. The normalized spacial score (nSPS) is 11.1. The van der Waals surface area contributed by atoms with Crippen LogP contribution in [0.2, 0.25) is 0 Å². The van der Waals surface area contributed by atoms with Gasteiger partial charge in [0.2, 0.25) is 0 Å². The number of hydrogen-bond donors (Lipinski definition) is 0. The minimum absolute atomic E-state index is 0.269. The molecule has 0 amide bonds. The Kier molecular flexibility index (Phi) is 3.52. The van der Waals surface area contributed by atoms with E-state index in [1.807, 2.05) is 0 Å². The van der Waals surface area contributed by atoms with Gasteiger partial charge < -0.3 is 9.47 Å². The van der Waals surface area contributed by atoms with Gasteiger partial charge in [-0.2, -0.15) is 0 Å². The molecule has 0 aliphatic rings. The minimum atomic E-state index is -1.60. The Morgan fingerprint density at radius 1 is 1.19 bits per heavy atom. The van der Waals surface area contributed by atoms with Crippen LogP contribution in [0.15, 0.2) is 12.1 Å². The van der Waals surface area contributed by atoms with Crippen molar-refractivity contribution in [2.45, 2.75) is 19.5 Å². The van der Waals surface area contributed by atoms with Gasteiger partial charge in [-0.05, 0) is 26.0 Å². The Labute approximate surface area is 94.2 Å². The number of benzene rings is 1. The van der Waals surface area contributed by atoms with E-state index < -0.39 is 5.67 Å². The van der Waals surface area contributed by atoms with Crippen LogP contribution in [0.1, 0.15) is 29.8 Å². The highest BCUT2D eigenvalue weighted by molar-refractivity contribution is 5.79. The predicted molar refractivity (Wildman–Crippen MR) is 59.1 cm³/mol. The van der Waals surface area contributed by atoms with Gasteiger partial charge in [0.1, 0.15) is 5.67 Å². The zero-order valence-electron chi connectivity index (χ0n) is 9.83. The summed E-state index contributed by atoms with van der Waals surface area (Å²) in [5, 5.41) is 0. The third-order valence-corrected chi connectivity index (χ3v) is 2.32. The number of hydrogen-bond acceptors (Lipinski definition) is 3. The molecular formula is C12H15FO3. The van der Waals surface area contributed by atoms with E-state index >= 15 is 0 Å². The van der Waals surface area contributed by atoms with Crippen molar-refractivity contribution in [1.29, 1.82) is 0 Å². The van der Waals surface area contributed by atoms with Gasteiger partial charge in [0, 0.05) is 11.1 Å². The summed E-state index contributed by atoms with van der Waals surface area (Å²) >= 11 is 0. The molecule has 1 aromatic rings. The van der Waals surface area contributed by atoms with Crippen LogP contribution in [-0.2, 0) is 5.67 Å². The van der Waals surface area contributed by atoms with Crippen molar-refractivity contribution < 1.29 is 18.7 Å². The number of methoxy groups -OCH3 is 2. The first-order valence-corrected chi connectivity index (χ1v) is 4.84. The van der Waals surface area contributed by atoms with Crippen molar-refractivity contribution in [1.82, 2.24) is 0 Å². The van der Waals surface area contributed by atoms with E-state index in [0.717, 1.165) is 0 Å². The minimum Gasteiger partial charge on any atom is -0.493 e. The van der Waals surface area contributed by atoms with Crippen molar-refractivity contribution in [3.8, 4) is 11.5 Å². The molecule has 0 aliphatic heterocycles. The number of carbonyl (C=O) groups excluding carboxylic acids is 1. The van der Waals surface area contributed by atoms with Gasteiger partial charge >= 0.3 is 0 Å². The second kappa shape index (κ2) is 4.51. The van der Waals surface area contributed by atoms with Crippen LogP contribution in [0.3, 0.4) is 0 Å². The average molecular weight is 226 g/mol. The third-order valence-electron chi connectivity index (χ3n) is 2.32. The molecule has 0 saturated carbocycles. The van der Waals surface area contributed by atoms with E-state index in [0.29, 0.717) is 23.3 Å². The Bertz CT molecular complexity index is 394. The number of ether oxygens (including phenoxy) is 2. The van der Waals surface area contributed by atoms with Crippen LogP contribution >= 0.6 is 0 Å². The summed E-state index contributed by atoms with van der Waals surface area (Å²) in [5.41, 5.74) is -1.04. The molecule has 0 unspecified atom stereocenters. The molecule has 0 radical (unpaired) electrons. The van der Waals surface area contributed by atoms with E-state index in [1.54, 1.807) is 0 Å². The lowest BCUT2D eigenvalue weighted by molar-refractivity contribution is 0.111. The van der Waals surface area contributed by atoms with E-state index in [9.17, 15) is 9.18 Å². The molecule has 16 heavy (non-hydrogen) atoms. The fourth-order valence-electron chi connectivity index (χ4n) is 1.51. The molecule has 3 nitrogen and oxygen atoms in total. The molecule has 0 heterocycles. The largest absolute Gasteiger partial charge is 0.493 e. The van der Waals surface area contributed by atoms with Crippen molar-refractivity contribution in [2.75, 3.05) is 14.2 Å². The van der Waals surface area contributed by atoms with Gasteiger partial charge in [-0.15, -0.1) is 0 Å². The third kappa shape index (κ3) is 2.32. The lowest BCUT2D eigenvalue weighted by Gasteiger charge is -2.19. The zero-order valence-corrected chi connectivity index (χ0v) is 9.83. The first kappa shape index (κ1) is 12.5. The SMILES string of the molecule is COc1cc(C=O)c(C(C)(C)F)cc1OC. The predicted octanol–water partition coefficient (Wildman–Crippen LogP) is 2.72. The van der Waals surface area contributed by atoms with Crippen LogP contribution < -0.4 is 9.47 Å². The van der Waals surface area contributed by atoms with Gasteiger partial charge in [-0.3, -0.25) is 4.79 Å². The van der Waals surface area contributed by atoms with Gasteiger partial charge in [0.25, 0.3) is 0 Å². The summed E-state index contributed by atoms with van der Waals surface area (Å²) in [6, 6.07) is 2.96. The molecule has 0 bridgehead atoms. The highest BCUT2D eigenvalue weighted by Gasteiger charge is 2.24. The molecule has 0 saturated heterocycles. The molecule has 0 aromatic heterocycles. The van der Waals surface area contributed by atoms with Gasteiger partial charge in [0.05, 0.1) is 14.2 Å². The maximum atomic E-state index is 13.9. The van der Waals surface area contributed by atoms with Crippen molar-refractivity contribution in [3.05, 3.63) is 23.3 Å². The monoisotopic (exact) mass is 226 g/mol. The Morgan fingerprint density at radius 2 is 1.69 bits per heavy atom. The summed E-state index contributed by atoms with van der Waals surface area (Å²) in [5.74, 6) is 0.825. The van der Waals surface area contributed by atoms with Crippen molar-refractivity contribution in [2.24, 2.45) is 0 Å². The van der Waals surface area contributed by atoms with Gasteiger partial charge in [-0.25, -0.2) is 4.39 Å². The van der Waals surface area contributed by atoms with Crippen LogP contribution in [0.5, 0.6) is 11.5 Å². The maximum absolute atomic E-state index is 13.9. The Morgan fingerprint density at radius 3 is 2.06 bits per heavy atom. The number of alkyl halides is 1. The fourth-order valence-corrected chi connectivity index (χ4v) is 1.51. The lowest BCUT2D eigenvalue weighted by atomic mass is 9.94. The quantitative estimate of drug-likeness (QED) is 0.740. The number of rotatable bonds is 4. The molecule has 1 rings (SSSR count).